The molecular formula is C17H17NO. The Hall–Kier alpha value is -2.22. The lowest BCUT2D eigenvalue weighted by atomic mass is 10.1. The van der Waals surface area contributed by atoms with Crippen molar-refractivity contribution in [1.29, 1.82) is 0 Å². The van der Waals surface area contributed by atoms with Gasteiger partial charge in [0.15, 0.2) is 0 Å². The number of aryl methyl sites for hydroxylation is 1. The van der Waals surface area contributed by atoms with Crippen molar-refractivity contribution < 1.29 is 4.42 Å². The Labute approximate surface area is 113 Å². The summed E-state index contributed by atoms with van der Waals surface area (Å²) in [6, 6.07) is 18.6. The molecule has 2 heteroatoms. The zero-order valence-electron chi connectivity index (χ0n) is 11.2. The van der Waals surface area contributed by atoms with Gasteiger partial charge in [0.25, 0.3) is 0 Å². The molecule has 3 aromatic rings. The highest BCUT2D eigenvalue weighted by atomic mass is 16.3. The lowest BCUT2D eigenvalue weighted by Crippen LogP contribution is -2.06. The molecule has 0 aliphatic heterocycles. The topological polar surface area (TPSA) is 25.2 Å². The van der Waals surface area contributed by atoms with Crippen LogP contribution >= 0.6 is 0 Å². The molecule has 0 saturated carbocycles. The summed E-state index contributed by atoms with van der Waals surface area (Å²) in [7, 11) is 0. The van der Waals surface area contributed by atoms with Crippen molar-refractivity contribution in [3.8, 4) is 0 Å². The van der Waals surface area contributed by atoms with Crippen molar-refractivity contribution in [2.75, 3.05) is 5.32 Å². The average Bonchev–Trinajstić information content (AvgIpc) is 2.85. The number of furan rings is 1. The summed E-state index contributed by atoms with van der Waals surface area (Å²) in [5.74, 6) is 0.962. The van der Waals surface area contributed by atoms with Gasteiger partial charge in [0, 0.05) is 11.1 Å². The molecule has 1 unspecified atom stereocenters. The summed E-state index contributed by atoms with van der Waals surface area (Å²) in [4.78, 5) is 0. The summed E-state index contributed by atoms with van der Waals surface area (Å²) in [6.45, 7) is 4.22. The van der Waals surface area contributed by atoms with Crippen molar-refractivity contribution >= 4 is 16.7 Å². The molecular weight excluding hydrogens is 234 g/mol. The zero-order valence-corrected chi connectivity index (χ0v) is 11.2. The van der Waals surface area contributed by atoms with Crippen molar-refractivity contribution in [2.45, 2.75) is 19.9 Å². The maximum absolute atomic E-state index is 5.88. The third-order valence-corrected chi connectivity index (χ3v) is 3.39. The first-order chi connectivity index (χ1) is 9.24. The zero-order chi connectivity index (χ0) is 13.2. The summed E-state index contributed by atoms with van der Waals surface area (Å²) in [6.07, 6.45) is 0. The van der Waals surface area contributed by atoms with Crippen LogP contribution in [0.2, 0.25) is 0 Å². The molecule has 2 nitrogen and oxygen atoms in total. The Kier molecular flexibility index (Phi) is 3.00. The van der Waals surface area contributed by atoms with Crippen LogP contribution in [-0.4, -0.2) is 0 Å². The second-order valence-electron chi connectivity index (χ2n) is 4.87. The smallest absolute Gasteiger partial charge is 0.134 e. The molecule has 0 saturated heterocycles. The normalized spacial score (nSPS) is 12.5. The number of para-hydroxylation sites is 2. The Morgan fingerprint density at radius 3 is 2.53 bits per heavy atom. The first-order valence-electron chi connectivity index (χ1n) is 6.54. The monoisotopic (exact) mass is 251 g/mol. The van der Waals surface area contributed by atoms with Gasteiger partial charge in [-0.05, 0) is 37.6 Å². The molecule has 3 rings (SSSR count). The van der Waals surface area contributed by atoms with Crippen LogP contribution < -0.4 is 5.32 Å². The number of hydrogen-bond acceptors (Lipinski definition) is 2. The van der Waals surface area contributed by atoms with Crippen molar-refractivity contribution in [2.24, 2.45) is 0 Å². The maximum atomic E-state index is 5.88. The first kappa shape index (κ1) is 11.8. The maximum Gasteiger partial charge on any atom is 0.134 e. The third kappa shape index (κ3) is 2.34. The quantitative estimate of drug-likeness (QED) is 0.715. The average molecular weight is 251 g/mol. The van der Waals surface area contributed by atoms with Crippen LogP contribution in [0.25, 0.3) is 11.0 Å². The molecule has 0 spiro atoms. The van der Waals surface area contributed by atoms with E-state index in [9.17, 15) is 0 Å². The van der Waals surface area contributed by atoms with Gasteiger partial charge in [-0.15, -0.1) is 0 Å². The SMILES string of the molecule is Cc1ccccc1NC(C)c1cc2ccccc2o1. The summed E-state index contributed by atoms with van der Waals surface area (Å²) in [5, 5.41) is 4.64. The van der Waals surface area contributed by atoms with Crippen molar-refractivity contribution in [1.82, 2.24) is 0 Å². The van der Waals surface area contributed by atoms with Crippen LogP contribution in [0.4, 0.5) is 5.69 Å². The molecule has 0 aliphatic rings. The van der Waals surface area contributed by atoms with Gasteiger partial charge in [-0.1, -0.05) is 36.4 Å². The summed E-state index contributed by atoms with van der Waals surface area (Å²) >= 11 is 0. The molecule has 0 bridgehead atoms. The molecule has 1 heterocycles. The minimum atomic E-state index is 0.147. The first-order valence-corrected chi connectivity index (χ1v) is 6.54. The van der Waals surface area contributed by atoms with Crippen molar-refractivity contribution in [3.05, 3.63) is 65.9 Å². The second-order valence-corrected chi connectivity index (χ2v) is 4.87. The fraction of sp³-hybridized carbons (Fsp3) is 0.176. The Balaban J connectivity index is 1.87. The summed E-state index contributed by atoms with van der Waals surface area (Å²) in [5.41, 5.74) is 3.33. The Morgan fingerprint density at radius 1 is 1.00 bits per heavy atom. The molecule has 0 amide bonds. The number of benzene rings is 2. The van der Waals surface area contributed by atoms with E-state index in [2.05, 4.69) is 43.4 Å². The van der Waals surface area contributed by atoms with E-state index >= 15 is 0 Å². The van der Waals surface area contributed by atoms with Crippen LogP contribution in [0.3, 0.4) is 0 Å². The van der Waals surface area contributed by atoms with Gasteiger partial charge < -0.3 is 9.73 Å². The highest BCUT2D eigenvalue weighted by Crippen LogP contribution is 2.27. The van der Waals surface area contributed by atoms with E-state index in [0.29, 0.717) is 0 Å². The molecule has 1 atom stereocenters. The van der Waals surface area contributed by atoms with Crippen LogP contribution in [0.15, 0.2) is 59.0 Å². The summed E-state index contributed by atoms with van der Waals surface area (Å²) < 4.78 is 5.88. The fourth-order valence-corrected chi connectivity index (χ4v) is 2.26. The van der Waals surface area contributed by atoms with Gasteiger partial charge in [-0.3, -0.25) is 0 Å². The van der Waals surface area contributed by atoms with Gasteiger partial charge in [0.1, 0.15) is 11.3 Å². The van der Waals surface area contributed by atoms with Crippen LogP contribution in [0, 0.1) is 6.92 Å². The van der Waals surface area contributed by atoms with Gasteiger partial charge in [0.2, 0.25) is 0 Å². The number of anilines is 1. The standard InChI is InChI=1S/C17H17NO/c1-12-7-3-5-9-15(12)18-13(2)17-11-14-8-4-6-10-16(14)19-17/h3-11,13,18H,1-2H3. The van der Waals surface area contributed by atoms with Gasteiger partial charge in [0.05, 0.1) is 6.04 Å². The fourth-order valence-electron chi connectivity index (χ4n) is 2.26. The van der Waals surface area contributed by atoms with Gasteiger partial charge >= 0.3 is 0 Å². The van der Waals surface area contributed by atoms with E-state index in [-0.39, 0.29) is 6.04 Å². The number of hydrogen-bond donors (Lipinski definition) is 1. The minimum absolute atomic E-state index is 0.147. The Bertz CT molecular complexity index is 666. The largest absolute Gasteiger partial charge is 0.459 e. The molecule has 19 heavy (non-hydrogen) atoms. The van der Waals surface area contributed by atoms with Gasteiger partial charge in [-0.2, -0.15) is 0 Å². The molecule has 2 aromatic carbocycles. The predicted octanol–water partition coefficient (Wildman–Crippen LogP) is 4.91. The minimum Gasteiger partial charge on any atom is -0.459 e. The Morgan fingerprint density at radius 2 is 1.74 bits per heavy atom. The molecule has 0 radical (unpaired) electrons. The van der Waals surface area contributed by atoms with Crippen molar-refractivity contribution in [3.63, 3.8) is 0 Å². The van der Waals surface area contributed by atoms with E-state index in [1.807, 2.05) is 30.3 Å². The van der Waals surface area contributed by atoms with Crippen LogP contribution in [0.5, 0.6) is 0 Å². The van der Waals surface area contributed by atoms with E-state index in [4.69, 9.17) is 4.42 Å². The lowest BCUT2D eigenvalue weighted by molar-refractivity contribution is 0.526. The lowest BCUT2D eigenvalue weighted by Gasteiger charge is -2.14. The number of fused-ring (bicyclic) bond motifs is 1. The molecule has 96 valence electrons. The van der Waals surface area contributed by atoms with Crippen LogP contribution in [-0.2, 0) is 0 Å². The molecule has 1 aromatic heterocycles. The number of rotatable bonds is 3. The van der Waals surface area contributed by atoms with E-state index in [1.165, 1.54) is 5.56 Å². The molecule has 0 fully saturated rings. The highest BCUT2D eigenvalue weighted by molar-refractivity contribution is 5.77. The van der Waals surface area contributed by atoms with Gasteiger partial charge in [-0.25, -0.2) is 0 Å². The van der Waals surface area contributed by atoms with E-state index < -0.39 is 0 Å². The van der Waals surface area contributed by atoms with E-state index in [0.717, 1.165) is 22.4 Å². The predicted molar refractivity (Wildman–Crippen MR) is 79.4 cm³/mol. The van der Waals surface area contributed by atoms with Crippen LogP contribution in [0.1, 0.15) is 24.3 Å². The number of nitrogens with one attached hydrogen (secondary N) is 1. The third-order valence-electron chi connectivity index (χ3n) is 3.39. The highest BCUT2D eigenvalue weighted by Gasteiger charge is 2.11. The van der Waals surface area contributed by atoms with E-state index in [1.54, 1.807) is 0 Å². The molecule has 0 aliphatic carbocycles. The second kappa shape index (κ2) is 4.81. The molecule has 1 N–H and O–H groups in total.